The Kier molecular flexibility index (Phi) is 4.20. The highest BCUT2D eigenvalue weighted by molar-refractivity contribution is 6.35. The monoisotopic (exact) mass is 304 g/mol. The molecule has 4 heteroatoms. The van der Waals surface area contributed by atoms with E-state index in [1.165, 1.54) is 36.2 Å². The summed E-state index contributed by atoms with van der Waals surface area (Å²) in [6.45, 7) is 2.99. The van der Waals surface area contributed by atoms with Crippen molar-refractivity contribution < 1.29 is 4.74 Å². The smallest absolute Gasteiger partial charge is 0.130 e. The van der Waals surface area contributed by atoms with Gasteiger partial charge in [0, 0.05) is 12.2 Å². The van der Waals surface area contributed by atoms with Crippen molar-refractivity contribution in [1.29, 1.82) is 0 Å². The molecular formula is C17H21ClN2O. The molecule has 3 nitrogen and oxygen atoms in total. The van der Waals surface area contributed by atoms with Crippen molar-refractivity contribution in [2.24, 2.45) is 0 Å². The average Bonchev–Trinajstić information content (AvgIpc) is 2.73. The Hall–Kier alpha value is -1.48. The molecule has 0 amide bonds. The molecule has 21 heavy (non-hydrogen) atoms. The fourth-order valence-electron chi connectivity index (χ4n) is 3.18. The van der Waals surface area contributed by atoms with E-state index >= 15 is 0 Å². The molecule has 0 bridgehead atoms. The lowest BCUT2D eigenvalue weighted by atomic mass is 10.0. The van der Waals surface area contributed by atoms with Crippen molar-refractivity contribution in [3.05, 3.63) is 28.4 Å². The van der Waals surface area contributed by atoms with Gasteiger partial charge in [0.05, 0.1) is 28.7 Å². The molecular weight excluding hydrogens is 284 g/mol. The summed E-state index contributed by atoms with van der Waals surface area (Å²) in [6, 6.07) is 3.80. The molecule has 1 aliphatic carbocycles. The number of methoxy groups -OCH3 is 1. The van der Waals surface area contributed by atoms with E-state index in [1.807, 2.05) is 12.1 Å². The van der Waals surface area contributed by atoms with Crippen LogP contribution in [0.15, 0.2) is 12.1 Å². The summed E-state index contributed by atoms with van der Waals surface area (Å²) in [5.74, 6) is 0.838. The molecule has 1 heterocycles. The third-order valence-corrected chi connectivity index (χ3v) is 4.46. The van der Waals surface area contributed by atoms with Crippen molar-refractivity contribution in [3.63, 3.8) is 0 Å². The number of pyridine rings is 1. The lowest BCUT2D eigenvalue weighted by molar-refractivity contribution is 0.420. The highest BCUT2D eigenvalue weighted by Gasteiger charge is 2.20. The summed E-state index contributed by atoms with van der Waals surface area (Å²) < 4.78 is 5.55. The van der Waals surface area contributed by atoms with Crippen LogP contribution in [0.1, 0.15) is 37.4 Å². The van der Waals surface area contributed by atoms with Crippen molar-refractivity contribution >= 4 is 28.2 Å². The molecule has 0 fully saturated rings. The van der Waals surface area contributed by atoms with E-state index in [9.17, 15) is 0 Å². The second kappa shape index (κ2) is 6.10. The van der Waals surface area contributed by atoms with Crippen LogP contribution in [-0.4, -0.2) is 18.6 Å². The van der Waals surface area contributed by atoms with E-state index in [4.69, 9.17) is 21.3 Å². The number of halogens is 1. The Morgan fingerprint density at radius 3 is 2.81 bits per heavy atom. The summed E-state index contributed by atoms with van der Waals surface area (Å²) >= 11 is 6.40. The fourth-order valence-corrected chi connectivity index (χ4v) is 3.38. The Bertz CT molecular complexity index is 670. The Morgan fingerprint density at radius 2 is 2.05 bits per heavy atom. The number of anilines is 1. The second-order valence-corrected chi connectivity index (χ2v) is 5.88. The van der Waals surface area contributed by atoms with Crippen LogP contribution < -0.4 is 10.1 Å². The van der Waals surface area contributed by atoms with Crippen LogP contribution >= 0.6 is 11.6 Å². The van der Waals surface area contributed by atoms with Crippen molar-refractivity contribution in [2.75, 3.05) is 19.0 Å². The molecule has 1 aromatic heterocycles. The SMILES string of the molecule is CCNc1c2c(nc3c(Cl)ccc(OC)c13)CCCCC2. The number of ether oxygens (including phenoxy) is 1. The number of nitrogens with one attached hydrogen (secondary N) is 1. The zero-order valence-corrected chi connectivity index (χ0v) is 13.4. The fraction of sp³-hybridized carbons (Fsp3) is 0.471. The second-order valence-electron chi connectivity index (χ2n) is 5.48. The summed E-state index contributed by atoms with van der Waals surface area (Å²) in [7, 11) is 1.70. The van der Waals surface area contributed by atoms with Gasteiger partial charge < -0.3 is 10.1 Å². The van der Waals surface area contributed by atoms with Crippen molar-refractivity contribution in [1.82, 2.24) is 4.98 Å². The summed E-state index contributed by atoms with van der Waals surface area (Å²) in [5.41, 5.74) is 4.57. The summed E-state index contributed by atoms with van der Waals surface area (Å²) in [4.78, 5) is 4.87. The Balaban J connectivity index is 2.36. The number of nitrogens with zero attached hydrogens (tertiary/aromatic N) is 1. The molecule has 0 unspecified atom stereocenters. The molecule has 112 valence electrons. The number of fused-ring (bicyclic) bond motifs is 2. The molecule has 0 aliphatic heterocycles. The van der Waals surface area contributed by atoms with E-state index in [0.29, 0.717) is 5.02 Å². The van der Waals surface area contributed by atoms with Crippen molar-refractivity contribution in [2.45, 2.75) is 39.0 Å². The first-order chi connectivity index (χ1) is 10.3. The summed E-state index contributed by atoms with van der Waals surface area (Å²) in [6.07, 6.45) is 5.82. The third kappa shape index (κ3) is 2.55. The van der Waals surface area contributed by atoms with E-state index < -0.39 is 0 Å². The van der Waals surface area contributed by atoms with Gasteiger partial charge in [-0.2, -0.15) is 0 Å². The van der Waals surface area contributed by atoms with E-state index in [-0.39, 0.29) is 0 Å². The van der Waals surface area contributed by atoms with Gasteiger partial charge in [-0.15, -0.1) is 0 Å². The maximum absolute atomic E-state index is 6.40. The van der Waals surface area contributed by atoms with Gasteiger partial charge in [0.1, 0.15) is 5.75 Å². The number of rotatable bonds is 3. The number of aryl methyl sites for hydroxylation is 1. The van der Waals surface area contributed by atoms with Crippen LogP contribution in [0.25, 0.3) is 10.9 Å². The van der Waals surface area contributed by atoms with Crippen LogP contribution in [0.5, 0.6) is 5.75 Å². The number of aromatic nitrogens is 1. The lowest BCUT2D eigenvalue weighted by Gasteiger charge is -2.18. The third-order valence-electron chi connectivity index (χ3n) is 4.15. The van der Waals surface area contributed by atoms with Crippen LogP contribution in [-0.2, 0) is 12.8 Å². The Labute approximate surface area is 130 Å². The van der Waals surface area contributed by atoms with Gasteiger partial charge in [0.2, 0.25) is 0 Å². The van der Waals surface area contributed by atoms with Gasteiger partial charge in [-0.25, -0.2) is 0 Å². The largest absolute Gasteiger partial charge is 0.496 e. The minimum absolute atomic E-state index is 0.692. The molecule has 2 aromatic rings. The maximum atomic E-state index is 6.40. The van der Waals surface area contributed by atoms with Gasteiger partial charge in [-0.3, -0.25) is 4.98 Å². The summed E-state index contributed by atoms with van der Waals surface area (Å²) in [5, 5.41) is 5.24. The Morgan fingerprint density at radius 1 is 1.24 bits per heavy atom. The van der Waals surface area contributed by atoms with E-state index in [2.05, 4.69) is 12.2 Å². The normalized spacial score (nSPS) is 14.6. The first-order valence-corrected chi connectivity index (χ1v) is 8.05. The quantitative estimate of drug-likeness (QED) is 0.842. The minimum atomic E-state index is 0.692. The first kappa shape index (κ1) is 14.5. The molecule has 0 spiro atoms. The number of hydrogen-bond donors (Lipinski definition) is 1. The highest BCUT2D eigenvalue weighted by Crippen LogP contribution is 2.40. The molecule has 1 aliphatic rings. The van der Waals surface area contributed by atoms with Gasteiger partial charge in [0.25, 0.3) is 0 Å². The lowest BCUT2D eigenvalue weighted by Crippen LogP contribution is -2.07. The van der Waals surface area contributed by atoms with Crippen LogP contribution in [0.4, 0.5) is 5.69 Å². The van der Waals surface area contributed by atoms with Gasteiger partial charge >= 0.3 is 0 Å². The first-order valence-electron chi connectivity index (χ1n) is 7.68. The molecule has 0 saturated heterocycles. The number of benzene rings is 1. The van der Waals surface area contributed by atoms with E-state index in [0.717, 1.165) is 36.0 Å². The molecule has 0 radical (unpaired) electrons. The zero-order chi connectivity index (χ0) is 14.8. The molecule has 1 aromatic carbocycles. The van der Waals surface area contributed by atoms with Crippen LogP contribution in [0, 0.1) is 0 Å². The molecule has 0 atom stereocenters. The van der Waals surface area contributed by atoms with Gasteiger partial charge in [-0.05, 0) is 50.3 Å². The van der Waals surface area contributed by atoms with Crippen molar-refractivity contribution in [3.8, 4) is 5.75 Å². The number of hydrogen-bond acceptors (Lipinski definition) is 3. The molecule has 0 saturated carbocycles. The zero-order valence-electron chi connectivity index (χ0n) is 12.6. The predicted molar refractivity (Wildman–Crippen MR) is 88.7 cm³/mol. The topological polar surface area (TPSA) is 34.2 Å². The van der Waals surface area contributed by atoms with E-state index in [1.54, 1.807) is 7.11 Å². The predicted octanol–water partition coefficient (Wildman–Crippen LogP) is 4.60. The van der Waals surface area contributed by atoms with Crippen LogP contribution in [0.2, 0.25) is 5.02 Å². The van der Waals surface area contributed by atoms with Crippen LogP contribution in [0.3, 0.4) is 0 Å². The molecule has 1 N–H and O–H groups in total. The molecule has 3 rings (SSSR count). The standard InChI is InChI=1S/C17H21ClN2O/c1-3-19-16-11-7-5-4-6-8-13(11)20-17-12(18)9-10-14(21-2)15(16)17/h9-10H,3-8H2,1-2H3,(H,19,20). The van der Waals surface area contributed by atoms with Gasteiger partial charge in [0.15, 0.2) is 0 Å². The highest BCUT2D eigenvalue weighted by atomic mass is 35.5. The minimum Gasteiger partial charge on any atom is -0.496 e. The average molecular weight is 305 g/mol. The van der Waals surface area contributed by atoms with Gasteiger partial charge in [-0.1, -0.05) is 18.0 Å². The maximum Gasteiger partial charge on any atom is 0.130 e.